The fraction of sp³-hybridized carbons (Fsp3) is 0.370. The Bertz CT molecular complexity index is 1590. The standard InChI is InChI=1S/C27H30N6O3/c1-4-5-12-30-27(2)11-8-13-32(33-25(34)23-24(29-17-28-23)31-26(33)35)22(27)16-20-14-18-9-6-7-10-19(18)15-21(20)36-3/h6-7,9-10,14-15,17,22,30H,8,11-13,16H2,1-3H3,(H,28,29)(H,31,35). The number of hydrogen-bond acceptors (Lipinski definition) is 6. The fourth-order valence-electron chi connectivity index (χ4n) is 5.33. The Kier molecular flexibility index (Phi) is 6.29. The third-order valence-electron chi connectivity index (χ3n) is 7.22. The van der Waals surface area contributed by atoms with E-state index in [1.54, 1.807) is 7.11 Å². The van der Waals surface area contributed by atoms with Crippen LogP contribution in [0.3, 0.4) is 0 Å². The summed E-state index contributed by atoms with van der Waals surface area (Å²) in [5.74, 6) is 6.81. The van der Waals surface area contributed by atoms with Crippen molar-refractivity contribution in [2.45, 2.75) is 44.7 Å². The molecule has 0 bridgehead atoms. The molecule has 1 fully saturated rings. The lowest BCUT2D eigenvalue weighted by Gasteiger charge is -2.49. The molecule has 36 heavy (non-hydrogen) atoms. The summed E-state index contributed by atoms with van der Waals surface area (Å²) >= 11 is 0. The molecule has 1 saturated heterocycles. The van der Waals surface area contributed by atoms with Gasteiger partial charge in [0.25, 0.3) is 0 Å². The molecular weight excluding hydrogens is 456 g/mol. The van der Waals surface area contributed by atoms with Crippen molar-refractivity contribution in [2.24, 2.45) is 0 Å². The monoisotopic (exact) mass is 486 g/mol. The van der Waals surface area contributed by atoms with Crippen LogP contribution < -0.4 is 26.3 Å². The van der Waals surface area contributed by atoms with Gasteiger partial charge in [-0.05, 0) is 61.6 Å². The largest absolute Gasteiger partial charge is 0.496 e. The molecule has 0 radical (unpaired) electrons. The zero-order chi connectivity index (χ0) is 25.3. The molecule has 1 aliphatic heterocycles. The molecule has 2 aromatic carbocycles. The van der Waals surface area contributed by atoms with Crippen LogP contribution in [0.15, 0.2) is 52.3 Å². The SMILES string of the molecule is CC#CCNC1(C)CCCN(n2c(=O)[nH]c3nc[nH]c3c2=O)C1Cc1cc2ccccc2cc1OC. The highest BCUT2D eigenvalue weighted by atomic mass is 16.5. The minimum absolute atomic E-state index is 0.237. The lowest BCUT2D eigenvalue weighted by atomic mass is 9.80. The minimum Gasteiger partial charge on any atom is -0.496 e. The van der Waals surface area contributed by atoms with Crippen LogP contribution in [0.5, 0.6) is 5.75 Å². The van der Waals surface area contributed by atoms with Gasteiger partial charge in [0.05, 0.1) is 26.0 Å². The Morgan fingerprint density at radius 1 is 1.25 bits per heavy atom. The van der Waals surface area contributed by atoms with Gasteiger partial charge in [-0.1, -0.05) is 30.2 Å². The summed E-state index contributed by atoms with van der Waals surface area (Å²) in [5.41, 5.74) is 0.189. The fourth-order valence-corrected chi connectivity index (χ4v) is 5.33. The number of piperidine rings is 1. The van der Waals surface area contributed by atoms with Crippen molar-refractivity contribution in [1.82, 2.24) is 24.9 Å². The molecule has 2 aromatic heterocycles. The maximum Gasteiger partial charge on any atom is 0.349 e. The number of benzene rings is 2. The van der Waals surface area contributed by atoms with Gasteiger partial charge >= 0.3 is 11.2 Å². The van der Waals surface area contributed by atoms with Crippen molar-refractivity contribution < 1.29 is 4.74 Å². The molecule has 3 heterocycles. The highest BCUT2D eigenvalue weighted by Crippen LogP contribution is 2.33. The van der Waals surface area contributed by atoms with E-state index >= 15 is 0 Å². The van der Waals surface area contributed by atoms with Gasteiger partial charge in [0.15, 0.2) is 11.2 Å². The number of ether oxygens (including phenoxy) is 1. The highest BCUT2D eigenvalue weighted by molar-refractivity contribution is 5.85. The molecule has 1 aliphatic rings. The normalized spacial score (nSPS) is 19.9. The van der Waals surface area contributed by atoms with Crippen LogP contribution in [-0.4, -0.2) is 51.4 Å². The number of methoxy groups -OCH3 is 1. The highest BCUT2D eigenvalue weighted by Gasteiger charge is 2.42. The van der Waals surface area contributed by atoms with Gasteiger partial charge in [-0.25, -0.2) is 9.78 Å². The van der Waals surface area contributed by atoms with Crippen LogP contribution in [0.1, 0.15) is 32.3 Å². The van der Waals surface area contributed by atoms with Gasteiger partial charge in [-0.3, -0.25) is 15.1 Å². The number of nitrogens with one attached hydrogen (secondary N) is 3. The second-order valence-electron chi connectivity index (χ2n) is 9.37. The number of nitrogens with zero attached hydrogens (tertiary/aromatic N) is 3. The van der Waals surface area contributed by atoms with Crippen molar-refractivity contribution in [3.63, 3.8) is 0 Å². The third-order valence-corrected chi connectivity index (χ3v) is 7.22. The van der Waals surface area contributed by atoms with Gasteiger partial charge in [-0.2, -0.15) is 4.68 Å². The second kappa shape index (κ2) is 9.55. The van der Waals surface area contributed by atoms with Crippen LogP contribution >= 0.6 is 0 Å². The molecule has 186 valence electrons. The Morgan fingerprint density at radius 2 is 2.03 bits per heavy atom. The zero-order valence-electron chi connectivity index (χ0n) is 20.7. The maximum absolute atomic E-state index is 13.4. The Morgan fingerprint density at radius 3 is 2.78 bits per heavy atom. The van der Waals surface area contributed by atoms with Crippen molar-refractivity contribution >= 4 is 21.9 Å². The molecule has 2 atom stereocenters. The minimum atomic E-state index is -0.507. The quantitative estimate of drug-likeness (QED) is 0.361. The maximum atomic E-state index is 13.4. The van der Waals surface area contributed by atoms with Crippen LogP contribution in [-0.2, 0) is 6.42 Å². The molecule has 9 heteroatoms. The number of imidazole rings is 1. The summed E-state index contributed by atoms with van der Waals surface area (Å²) in [5, 5.41) is 7.71. The predicted octanol–water partition coefficient (Wildman–Crippen LogP) is 2.29. The Hall–Kier alpha value is -4.03. The number of rotatable bonds is 6. The first-order valence-electron chi connectivity index (χ1n) is 12.1. The topological polar surface area (TPSA) is 108 Å². The van der Waals surface area contributed by atoms with Gasteiger partial charge in [0, 0.05) is 12.1 Å². The van der Waals surface area contributed by atoms with Crippen molar-refractivity contribution in [3.05, 3.63) is 69.1 Å². The van der Waals surface area contributed by atoms with E-state index in [4.69, 9.17) is 4.74 Å². The molecule has 0 spiro atoms. The summed E-state index contributed by atoms with van der Waals surface area (Å²) in [6, 6.07) is 12.1. The van der Waals surface area contributed by atoms with Crippen LogP contribution in [0.25, 0.3) is 21.9 Å². The molecule has 9 nitrogen and oxygen atoms in total. The lowest BCUT2D eigenvalue weighted by Crippen LogP contribution is -2.69. The van der Waals surface area contributed by atoms with E-state index < -0.39 is 16.8 Å². The molecule has 5 rings (SSSR count). The van der Waals surface area contributed by atoms with Crippen molar-refractivity contribution in [1.29, 1.82) is 0 Å². The number of H-pyrrole nitrogens is 2. The molecule has 4 aromatic rings. The van der Waals surface area contributed by atoms with E-state index in [1.165, 1.54) is 11.0 Å². The Labute approximate surface area is 208 Å². The summed E-state index contributed by atoms with van der Waals surface area (Å²) in [6.45, 7) is 5.02. The number of hydrogen-bond donors (Lipinski definition) is 3. The molecule has 0 saturated carbocycles. The number of aromatic nitrogens is 4. The zero-order valence-corrected chi connectivity index (χ0v) is 20.7. The first kappa shape index (κ1) is 23.7. The molecule has 0 aliphatic carbocycles. The number of aromatic amines is 2. The van der Waals surface area contributed by atoms with Crippen LogP contribution in [0, 0.1) is 11.8 Å². The predicted molar refractivity (Wildman–Crippen MR) is 141 cm³/mol. The Balaban J connectivity index is 1.65. The molecular formula is C27H30N6O3. The summed E-state index contributed by atoms with van der Waals surface area (Å²) < 4.78 is 7.01. The summed E-state index contributed by atoms with van der Waals surface area (Å²) in [6.07, 6.45) is 3.65. The van der Waals surface area contributed by atoms with Gasteiger partial charge < -0.3 is 14.7 Å². The second-order valence-corrected chi connectivity index (χ2v) is 9.37. The van der Waals surface area contributed by atoms with Crippen molar-refractivity contribution in [3.8, 4) is 17.6 Å². The van der Waals surface area contributed by atoms with E-state index in [2.05, 4.69) is 57.2 Å². The average Bonchev–Trinajstić information content (AvgIpc) is 3.34. The van der Waals surface area contributed by atoms with Gasteiger partial charge in [0.2, 0.25) is 0 Å². The number of fused-ring (bicyclic) bond motifs is 2. The van der Waals surface area contributed by atoms with Gasteiger partial charge in [-0.15, -0.1) is 5.92 Å². The van der Waals surface area contributed by atoms with E-state index in [0.29, 0.717) is 19.5 Å². The smallest absolute Gasteiger partial charge is 0.349 e. The third kappa shape index (κ3) is 4.14. The first-order valence-corrected chi connectivity index (χ1v) is 12.1. The van der Waals surface area contributed by atoms with Crippen LogP contribution in [0.4, 0.5) is 0 Å². The lowest BCUT2D eigenvalue weighted by molar-refractivity contribution is 0.198. The molecule has 2 unspecified atom stereocenters. The molecule has 3 N–H and O–H groups in total. The van der Waals surface area contributed by atoms with Crippen molar-refractivity contribution in [2.75, 3.05) is 25.2 Å². The summed E-state index contributed by atoms with van der Waals surface area (Å²) in [4.78, 5) is 36.3. The first-order chi connectivity index (χ1) is 17.4. The van der Waals surface area contributed by atoms with Crippen LogP contribution in [0.2, 0.25) is 0 Å². The molecule has 0 amide bonds. The average molecular weight is 487 g/mol. The van der Waals surface area contributed by atoms with E-state index in [1.807, 2.05) is 30.1 Å². The van der Waals surface area contributed by atoms with E-state index in [-0.39, 0.29) is 17.2 Å². The van der Waals surface area contributed by atoms with E-state index in [9.17, 15) is 9.59 Å². The van der Waals surface area contributed by atoms with Gasteiger partial charge in [0.1, 0.15) is 5.75 Å². The van der Waals surface area contributed by atoms with E-state index in [0.717, 1.165) is 34.9 Å². The summed E-state index contributed by atoms with van der Waals surface area (Å²) in [7, 11) is 1.67.